The van der Waals surface area contributed by atoms with Crippen molar-refractivity contribution in [2.45, 2.75) is 0 Å². The van der Waals surface area contributed by atoms with E-state index in [1.54, 1.807) is 0 Å². The van der Waals surface area contributed by atoms with E-state index >= 15 is 0 Å². The molecule has 10 aromatic rings. The molecule has 0 saturated carbocycles. The molecule has 0 aliphatic rings. The highest BCUT2D eigenvalue weighted by molar-refractivity contribution is 5.98. The van der Waals surface area contributed by atoms with Crippen LogP contribution >= 0.6 is 0 Å². The minimum Gasteiger partial charge on any atom is -0.208 e. The first kappa shape index (κ1) is 33.1. The Kier molecular flexibility index (Phi) is 8.51. The number of benzene rings is 9. The summed E-state index contributed by atoms with van der Waals surface area (Å²) in [6, 6.07) is 74.9. The van der Waals surface area contributed by atoms with Gasteiger partial charge in [0.1, 0.15) is 0 Å². The van der Waals surface area contributed by atoms with Gasteiger partial charge in [-0.15, -0.1) is 0 Å². The van der Waals surface area contributed by atoms with Crippen LogP contribution in [0, 0.1) is 0 Å². The minimum atomic E-state index is 0.626. The van der Waals surface area contributed by atoms with Gasteiger partial charge in [0.2, 0.25) is 0 Å². The molecule has 0 N–H and O–H groups in total. The number of hydrogen-bond acceptors (Lipinski definition) is 3. The van der Waals surface area contributed by atoms with Crippen molar-refractivity contribution in [1.82, 2.24) is 15.0 Å². The van der Waals surface area contributed by atoms with Crippen molar-refractivity contribution in [2.24, 2.45) is 0 Å². The molecule has 3 heteroatoms. The van der Waals surface area contributed by atoms with Gasteiger partial charge in [-0.3, -0.25) is 0 Å². The van der Waals surface area contributed by atoms with E-state index < -0.39 is 0 Å². The van der Waals surface area contributed by atoms with Crippen molar-refractivity contribution in [1.29, 1.82) is 0 Å². The predicted octanol–water partition coefficient (Wildman–Crippen LogP) is 13.8. The largest absolute Gasteiger partial charge is 0.208 e. The SMILES string of the molecule is c1ccc(-c2nc(-c3ccccc3)nc(-c3cc(-c4ccc(-c5cccc6ccccc56)cc4)cc(-c4ccc(-c5cccc6ccccc56)cc4)c3)n2)cc1. The lowest BCUT2D eigenvalue weighted by atomic mass is 9.92. The van der Waals surface area contributed by atoms with Gasteiger partial charge >= 0.3 is 0 Å². The zero-order valence-corrected chi connectivity index (χ0v) is 30.5. The zero-order valence-electron chi connectivity index (χ0n) is 30.5. The minimum absolute atomic E-state index is 0.626. The molecule has 0 bridgehead atoms. The Balaban J connectivity index is 1.12. The summed E-state index contributed by atoms with van der Waals surface area (Å²) in [7, 11) is 0. The molecule has 56 heavy (non-hydrogen) atoms. The number of fused-ring (bicyclic) bond motifs is 2. The molecule has 0 radical (unpaired) electrons. The normalized spacial score (nSPS) is 11.2. The van der Waals surface area contributed by atoms with Crippen LogP contribution in [0.15, 0.2) is 212 Å². The van der Waals surface area contributed by atoms with Gasteiger partial charge in [-0.2, -0.15) is 0 Å². The Labute approximate surface area is 326 Å². The van der Waals surface area contributed by atoms with Crippen LogP contribution in [0.25, 0.3) is 100 Å². The molecule has 262 valence electrons. The maximum atomic E-state index is 5.11. The van der Waals surface area contributed by atoms with Crippen LogP contribution in [-0.4, -0.2) is 15.0 Å². The van der Waals surface area contributed by atoms with Crippen LogP contribution in [0.5, 0.6) is 0 Å². The van der Waals surface area contributed by atoms with Crippen molar-refractivity contribution in [3.63, 3.8) is 0 Å². The summed E-state index contributed by atoms with van der Waals surface area (Å²) in [4.78, 5) is 15.2. The molecular formula is C53H35N3. The number of hydrogen-bond donors (Lipinski definition) is 0. The molecule has 0 fully saturated rings. The molecule has 0 aliphatic carbocycles. The highest BCUT2D eigenvalue weighted by Crippen LogP contribution is 2.37. The fourth-order valence-electron chi connectivity index (χ4n) is 7.67. The molecule has 3 nitrogen and oxygen atoms in total. The van der Waals surface area contributed by atoms with Crippen molar-refractivity contribution in [2.75, 3.05) is 0 Å². The van der Waals surface area contributed by atoms with Gasteiger partial charge in [0.15, 0.2) is 17.5 Å². The summed E-state index contributed by atoms with van der Waals surface area (Å²) in [5.41, 5.74) is 12.0. The van der Waals surface area contributed by atoms with Gasteiger partial charge in [0.05, 0.1) is 0 Å². The Morgan fingerprint density at radius 2 is 0.554 bits per heavy atom. The summed E-state index contributed by atoms with van der Waals surface area (Å²) >= 11 is 0. The summed E-state index contributed by atoms with van der Waals surface area (Å²) in [5, 5.41) is 4.97. The van der Waals surface area contributed by atoms with Crippen LogP contribution in [0.2, 0.25) is 0 Å². The van der Waals surface area contributed by atoms with Gasteiger partial charge in [0, 0.05) is 16.7 Å². The standard InChI is InChI=1S/C53H35N3/c1-3-15-42(16-4-1)51-54-52(43-17-5-2-6-18-43)56-53(55-51)46-34-44(36-25-29-40(30-26-36)49-23-11-19-38-13-7-9-21-47(38)49)33-45(35-46)37-27-31-41(32-28-37)50-24-12-20-39-14-8-10-22-48(39)50/h1-35H. The number of nitrogens with zero attached hydrogens (tertiary/aromatic N) is 3. The second-order valence-electron chi connectivity index (χ2n) is 14.0. The first-order chi connectivity index (χ1) is 27.7. The van der Waals surface area contributed by atoms with E-state index in [1.165, 1.54) is 43.8 Å². The quantitative estimate of drug-likeness (QED) is 0.165. The molecule has 10 rings (SSSR count). The second kappa shape index (κ2) is 14.4. The summed E-state index contributed by atoms with van der Waals surface area (Å²) < 4.78 is 0. The molecule has 0 unspecified atom stereocenters. The molecule has 0 spiro atoms. The highest BCUT2D eigenvalue weighted by atomic mass is 15.0. The van der Waals surface area contributed by atoms with Gasteiger partial charge in [-0.25, -0.2) is 15.0 Å². The summed E-state index contributed by atoms with van der Waals surface area (Å²) in [6.45, 7) is 0. The van der Waals surface area contributed by atoms with Gasteiger partial charge in [-0.05, 0) is 84.3 Å². The van der Waals surface area contributed by atoms with Crippen molar-refractivity contribution < 1.29 is 0 Å². The molecular weight excluding hydrogens is 679 g/mol. The van der Waals surface area contributed by atoms with Crippen LogP contribution in [0.3, 0.4) is 0 Å². The molecule has 0 saturated heterocycles. The Hall–Kier alpha value is -7.49. The third kappa shape index (κ3) is 6.42. The lowest BCUT2D eigenvalue weighted by Crippen LogP contribution is -2.00. The fourth-order valence-corrected chi connectivity index (χ4v) is 7.67. The van der Waals surface area contributed by atoms with Crippen molar-refractivity contribution in [3.8, 4) is 78.7 Å². The van der Waals surface area contributed by atoms with Gasteiger partial charge in [0.25, 0.3) is 0 Å². The maximum absolute atomic E-state index is 5.11. The van der Waals surface area contributed by atoms with E-state index in [1.807, 2.05) is 60.7 Å². The van der Waals surface area contributed by atoms with Gasteiger partial charge < -0.3 is 0 Å². The van der Waals surface area contributed by atoms with E-state index in [4.69, 9.17) is 15.0 Å². The first-order valence-corrected chi connectivity index (χ1v) is 18.9. The van der Waals surface area contributed by atoms with Crippen molar-refractivity contribution >= 4 is 21.5 Å². The van der Waals surface area contributed by atoms with E-state index in [9.17, 15) is 0 Å². The third-order valence-corrected chi connectivity index (χ3v) is 10.5. The molecule has 0 aliphatic heterocycles. The fraction of sp³-hybridized carbons (Fsp3) is 0. The second-order valence-corrected chi connectivity index (χ2v) is 14.0. The van der Waals surface area contributed by atoms with Crippen LogP contribution in [0.4, 0.5) is 0 Å². The predicted molar refractivity (Wildman–Crippen MR) is 233 cm³/mol. The van der Waals surface area contributed by atoms with Crippen LogP contribution < -0.4 is 0 Å². The van der Waals surface area contributed by atoms with E-state index in [-0.39, 0.29) is 0 Å². The zero-order chi connectivity index (χ0) is 37.3. The Morgan fingerprint density at radius 3 is 1.00 bits per heavy atom. The lowest BCUT2D eigenvalue weighted by Gasteiger charge is -2.14. The van der Waals surface area contributed by atoms with E-state index in [0.717, 1.165) is 38.9 Å². The Morgan fingerprint density at radius 1 is 0.214 bits per heavy atom. The highest BCUT2D eigenvalue weighted by Gasteiger charge is 2.16. The maximum Gasteiger partial charge on any atom is 0.164 e. The number of rotatable bonds is 7. The molecule has 0 amide bonds. The Bertz CT molecular complexity index is 2780. The summed E-state index contributed by atoms with van der Waals surface area (Å²) in [5.74, 6) is 1.90. The number of aromatic nitrogens is 3. The average Bonchev–Trinajstić information content (AvgIpc) is 3.29. The lowest BCUT2D eigenvalue weighted by molar-refractivity contribution is 1.07. The molecule has 1 heterocycles. The smallest absolute Gasteiger partial charge is 0.164 e. The molecule has 1 aromatic heterocycles. The van der Waals surface area contributed by atoms with E-state index in [2.05, 4.69) is 152 Å². The van der Waals surface area contributed by atoms with Crippen LogP contribution in [0.1, 0.15) is 0 Å². The monoisotopic (exact) mass is 713 g/mol. The first-order valence-electron chi connectivity index (χ1n) is 18.9. The molecule has 0 atom stereocenters. The topological polar surface area (TPSA) is 38.7 Å². The van der Waals surface area contributed by atoms with Crippen LogP contribution in [-0.2, 0) is 0 Å². The van der Waals surface area contributed by atoms with E-state index in [0.29, 0.717) is 17.5 Å². The average molecular weight is 714 g/mol. The molecule has 9 aromatic carbocycles. The summed E-state index contributed by atoms with van der Waals surface area (Å²) in [6.07, 6.45) is 0. The van der Waals surface area contributed by atoms with Crippen molar-refractivity contribution in [3.05, 3.63) is 212 Å². The van der Waals surface area contributed by atoms with Gasteiger partial charge in [-0.1, -0.05) is 194 Å². The third-order valence-electron chi connectivity index (χ3n) is 10.5.